The number of esters is 1. The summed E-state index contributed by atoms with van der Waals surface area (Å²) in [4.78, 5) is 26.0. The first-order chi connectivity index (χ1) is 12.1. The smallest absolute Gasteiger partial charge is 0.338 e. The molecule has 0 bridgehead atoms. The van der Waals surface area contributed by atoms with Crippen LogP contribution in [0.15, 0.2) is 24.3 Å². The van der Waals surface area contributed by atoms with E-state index in [2.05, 4.69) is 22.5 Å². The van der Waals surface area contributed by atoms with Crippen molar-refractivity contribution in [1.82, 2.24) is 10.2 Å². The summed E-state index contributed by atoms with van der Waals surface area (Å²) < 4.78 is 10.4. The summed E-state index contributed by atoms with van der Waals surface area (Å²) in [6.45, 7) is 8.25. The van der Waals surface area contributed by atoms with Crippen LogP contribution in [0.25, 0.3) is 0 Å². The molecule has 25 heavy (non-hydrogen) atoms. The summed E-state index contributed by atoms with van der Waals surface area (Å²) in [6.07, 6.45) is 0.786. The molecule has 1 aromatic rings. The number of rotatable bonds is 7. The van der Waals surface area contributed by atoms with E-state index in [0.717, 1.165) is 32.7 Å². The van der Waals surface area contributed by atoms with E-state index in [1.807, 2.05) is 6.92 Å². The Kier molecular flexibility index (Phi) is 7.69. The molecule has 0 radical (unpaired) electrons. The zero-order chi connectivity index (χ0) is 18.1. The third-order valence-electron chi connectivity index (χ3n) is 4.04. The van der Waals surface area contributed by atoms with Crippen LogP contribution in [-0.4, -0.2) is 62.4 Å². The van der Waals surface area contributed by atoms with Crippen molar-refractivity contribution in [3.63, 3.8) is 0 Å². The standard InChI is InChI=1S/C18H27N3O4/c1-3-10-25-17(22)15-4-6-16(7-5-15)20-18(23)19-13-14(2)21-8-11-24-12-9-21/h4-7,14H,3,8-13H2,1-2H3,(H2,19,20,23)/t14-/m1/s1. The molecule has 138 valence electrons. The average molecular weight is 349 g/mol. The Hall–Kier alpha value is -2.12. The Morgan fingerprint density at radius 1 is 1.24 bits per heavy atom. The fourth-order valence-corrected chi connectivity index (χ4v) is 2.53. The predicted molar refractivity (Wildman–Crippen MR) is 95.9 cm³/mol. The van der Waals surface area contributed by atoms with Gasteiger partial charge in [-0.3, -0.25) is 4.90 Å². The van der Waals surface area contributed by atoms with E-state index < -0.39 is 0 Å². The average Bonchev–Trinajstić information content (AvgIpc) is 2.65. The van der Waals surface area contributed by atoms with E-state index in [9.17, 15) is 9.59 Å². The quantitative estimate of drug-likeness (QED) is 0.737. The molecule has 1 aliphatic rings. The van der Waals surface area contributed by atoms with Gasteiger partial charge in [0.15, 0.2) is 0 Å². The van der Waals surface area contributed by atoms with Crippen molar-refractivity contribution in [1.29, 1.82) is 0 Å². The monoisotopic (exact) mass is 349 g/mol. The number of benzene rings is 1. The summed E-state index contributed by atoms with van der Waals surface area (Å²) in [6, 6.07) is 6.65. The van der Waals surface area contributed by atoms with Gasteiger partial charge < -0.3 is 20.1 Å². The third kappa shape index (κ3) is 6.36. The van der Waals surface area contributed by atoms with Crippen molar-refractivity contribution in [2.24, 2.45) is 0 Å². The predicted octanol–water partition coefficient (Wildman–Crippen LogP) is 2.10. The van der Waals surface area contributed by atoms with E-state index in [-0.39, 0.29) is 18.0 Å². The van der Waals surface area contributed by atoms with Gasteiger partial charge in [0.25, 0.3) is 0 Å². The molecule has 1 heterocycles. The fraction of sp³-hybridized carbons (Fsp3) is 0.556. The molecule has 2 N–H and O–H groups in total. The van der Waals surface area contributed by atoms with Crippen molar-refractivity contribution >= 4 is 17.7 Å². The molecule has 0 aromatic heterocycles. The van der Waals surface area contributed by atoms with Crippen LogP contribution in [0.2, 0.25) is 0 Å². The first kappa shape index (κ1) is 19.2. The van der Waals surface area contributed by atoms with Crippen LogP contribution in [0.5, 0.6) is 0 Å². The minimum Gasteiger partial charge on any atom is -0.462 e. The van der Waals surface area contributed by atoms with Crippen LogP contribution in [0, 0.1) is 0 Å². The highest BCUT2D eigenvalue weighted by Crippen LogP contribution is 2.11. The molecule has 1 saturated heterocycles. The van der Waals surface area contributed by atoms with Crippen LogP contribution < -0.4 is 10.6 Å². The van der Waals surface area contributed by atoms with Gasteiger partial charge >= 0.3 is 12.0 Å². The molecule has 2 rings (SSSR count). The fourth-order valence-electron chi connectivity index (χ4n) is 2.53. The van der Waals surface area contributed by atoms with Crippen LogP contribution in [0.1, 0.15) is 30.6 Å². The van der Waals surface area contributed by atoms with Gasteiger partial charge in [0.2, 0.25) is 0 Å². The number of ether oxygens (including phenoxy) is 2. The van der Waals surface area contributed by atoms with Crippen LogP contribution in [0.4, 0.5) is 10.5 Å². The van der Waals surface area contributed by atoms with Gasteiger partial charge in [-0.25, -0.2) is 9.59 Å². The number of amides is 2. The van der Waals surface area contributed by atoms with Gasteiger partial charge in [0.1, 0.15) is 0 Å². The second-order valence-corrected chi connectivity index (χ2v) is 6.05. The topological polar surface area (TPSA) is 79.9 Å². The van der Waals surface area contributed by atoms with Gasteiger partial charge in [0.05, 0.1) is 25.4 Å². The van der Waals surface area contributed by atoms with Gasteiger partial charge in [-0.1, -0.05) is 6.92 Å². The molecular formula is C18H27N3O4. The van der Waals surface area contributed by atoms with Gasteiger partial charge in [-0.15, -0.1) is 0 Å². The van der Waals surface area contributed by atoms with E-state index >= 15 is 0 Å². The molecule has 1 atom stereocenters. The van der Waals surface area contributed by atoms with Gasteiger partial charge in [-0.2, -0.15) is 0 Å². The lowest BCUT2D eigenvalue weighted by molar-refractivity contribution is 0.0209. The van der Waals surface area contributed by atoms with Crippen molar-refractivity contribution in [3.8, 4) is 0 Å². The molecule has 0 aliphatic carbocycles. The Labute approximate surface area is 148 Å². The molecule has 2 amide bonds. The van der Waals surface area contributed by atoms with Crippen molar-refractivity contribution in [2.75, 3.05) is 44.8 Å². The second kappa shape index (κ2) is 10.0. The van der Waals surface area contributed by atoms with Gasteiger partial charge in [0, 0.05) is 31.4 Å². The van der Waals surface area contributed by atoms with E-state index in [1.165, 1.54) is 0 Å². The van der Waals surface area contributed by atoms with E-state index in [0.29, 0.717) is 24.4 Å². The largest absolute Gasteiger partial charge is 0.462 e. The molecule has 1 aliphatic heterocycles. The molecule has 7 heteroatoms. The highest BCUT2D eigenvalue weighted by Gasteiger charge is 2.17. The Morgan fingerprint density at radius 3 is 2.56 bits per heavy atom. The molecular weight excluding hydrogens is 322 g/mol. The highest BCUT2D eigenvalue weighted by atomic mass is 16.5. The molecule has 0 saturated carbocycles. The number of nitrogens with zero attached hydrogens (tertiary/aromatic N) is 1. The molecule has 1 aromatic carbocycles. The Morgan fingerprint density at radius 2 is 1.92 bits per heavy atom. The number of urea groups is 1. The maximum atomic E-state index is 12.0. The number of morpholine rings is 1. The number of hydrogen-bond acceptors (Lipinski definition) is 5. The Bertz CT molecular complexity index is 556. The number of anilines is 1. The summed E-state index contributed by atoms with van der Waals surface area (Å²) >= 11 is 0. The van der Waals surface area contributed by atoms with E-state index in [1.54, 1.807) is 24.3 Å². The lowest BCUT2D eigenvalue weighted by Gasteiger charge is -2.32. The highest BCUT2D eigenvalue weighted by molar-refractivity contribution is 5.92. The molecule has 0 spiro atoms. The SMILES string of the molecule is CCCOC(=O)c1ccc(NC(=O)NC[C@@H](C)N2CCOCC2)cc1. The number of carbonyl (C=O) groups excluding carboxylic acids is 2. The molecule has 0 unspecified atom stereocenters. The van der Waals surface area contributed by atoms with Gasteiger partial charge in [-0.05, 0) is 37.6 Å². The number of carbonyl (C=O) groups is 2. The normalized spacial score (nSPS) is 16.1. The maximum Gasteiger partial charge on any atom is 0.338 e. The summed E-state index contributed by atoms with van der Waals surface area (Å²) in [5.41, 5.74) is 1.10. The lowest BCUT2D eigenvalue weighted by Crippen LogP contribution is -2.47. The van der Waals surface area contributed by atoms with Crippen molar-refractivity contribution in [3.05, 3.63) is 29.8 Å². The minimum atomic E-state index is -0.350. The second-order valence-electron chi connectivity index (χ2n) is 6.05. The van der Waals surface area contributed by atoms with Crippen molar-refractivity contribution in [2.45, 2.75) is 26.3 Å². The molecule has 1 fully saturated rings. The zero-order valence-corrected chi connectivity index (χ0v) is 14.9. The lowest BCUT2D eigenvalue weighted by atomic mass is 10.2. The first-order valence-electron chi connectivity index (χ1n) is 8.74. The van der Waals surface area contributed by atoms with Crippen LogP contribution >= 0.6 is 0 Å². The maximum absolute atomic E-state index is 12.0. The molecule has 7 nitrogen and oxygen atoms in total. The number of nitrogens with one attached hydrogen (secondary N) is 2. The third-order valence-corrected chi connectivity index (χ3v) is 4.04. The first-order valence-corrected chi connectivity index (χ1v) is 8.74. The number of hydrogen-bond donors (Lipinski definition) is 2. The minimum absolute atomic E-state index is 0.255. The summed E-state index contributed by atoms with van der Waals surface area (Å²) in [5.74, 6) is -0.350. The van der Waals surface area contributed by atoms with Crippen LogP contribution in [-0.2, 0) is 9.47 Å². The Balaban J connectivity index is 1.75. The summed E-state index contributed by atoms with van der Waals surface area (Å²) in [7, 11) is 0. The van der Waals surface area contributed by atoms with Crippen LogP contribution in [0.3, 0.4) is 0 Å². The zero-order valence-electron chi connectivity index (χ0n) is 14.9. The van der Waals surface area contributed by atoms with E-state index in [4.69, 9.17) is 9.47 Å². The summed E-state index contributed by atoms with van der Waals surface area (Å²) in [5, 5.41) is 5.63. The van der Waals surface area contributed by atoms with Crippen molar-refractivity contribution < 1.29 is 19.1 Å².